The maximum Gasteiger partial charge on any atom is 0.332 e. The van der Waals surface area contributed by atoms with Gasteiger partial charge in [-0.25, -0.2) is 4.79 Å². The second-order valence-corrected chi connectivity index (χ2v) is 4.42. The van der Waals surface area contributed by atoms with Crippen LogP contribution in [-0.4, -0.2) is 39.8 Å². The first-order valence-corrected chi connectivity index (χ1v) is 5.88. The van der Waals surface area contributed by atoms with Gasteiger partial charge in [0.25, 0.3) is 5.91 Å². The number of nitrogens with one attached hydrogen (secondary N) is 1. The Balaban J connectivity index is 2.50. The van der Waals surface area contributed by atoms with E-state index in [9.17, 15) is 14.7 Å². The van der Waals surface area contributed by atoms with E-state index in [1.165, 1.54) is 18.2 Å². The number of aromatic hydroxyl groups is 1. The second kappa shape index (κ2) is 6.36. The van der Waals surface area contributed by atoms with Crippen LogP contribution in [0.3, 0.4) is 0 Å². The maximum atomic E-state index is 11.6. The van der Waals surface area contributed by atoms with Crippen molar-refractivity contribution in [3.05, 3.63) is 28.2 Å². The average molecular weight is 318 g/mol. The van der Waals surface area contributed by atoms with Crippen molar-refractivity contribution in [1.82, 2.24) is 5.32 Å². The number of phenolic OH excluding ortho intramolecular Hbond substituents is 1. The molecule has 1 amide bonds. The number of amides is 1. The van der Waals surface area contributed by atoms with Gasteiger partial charge in [0.15, 0.2) is 6.10 Å². The second-order valence-electron chi connectivity index (χ2n) is 3.56. The lowest BCUT2D eigenvalue weighted by atomic mass is 10.2. The van der Waals surface area contributed by atoms with Crippen LogP contribution in [0.4, 0.5) is 0 Å². The zero-order chi connectivity index (χ0) is 13.7. The van der Waals surface area contributed by atoms with E-state index in [0.29, 0.717) is 4.47 Å². The van der Waals surface area contributed by atoms with Gasteiger partial charge in [-0.05, 0) is 34.1 Å². The summed E-state index contributed by atoms with van der Waals surface area (Å²) in [6.45, 7) is 0.0309. The highest BCUT2D eigenvalue weighted by atomic mass is 79.9. The lowest BCUT2D eigenvalue weighted by molar-refractivity contribution is -0.146. The van der Waals surface area contributed by atoms with E-state index in [0.717, 1.165) is 0 Å². The number of carbonyl (C=O) groups excluding carboxylic acids is 1. The van der Waals surface area contributed by atoms with Crippen LogP contribution in [0.5, 0.6) is 5.75 Å². The summed E-state index contributed by atoms with van der Waals surface area (Å²) < 4.78 is 0.473. The van der Waals surface area contributed by atoms with E-state index in [-0.39, 0.29) is 24.3 Å². The number of carbonyl (C=O) groups is 2. The number of aliphatic carboxylic acids is 1. The van der Waals surface area contributed by atoms with Gasteiger partial charge in [0.05, 0.1) is 4.47 Å². The molecule has 1 aromatic rings. The Morgan fingerprint density at radius 3 is 2.61 bits per heavy atom. The molecule has 0 unspecified atom stereocenters. The highest BCUT2D eigenvalue weighted by molar-refractivity contribution is 9.10. The quantitative estimate of drug-likeness (QED) is 0.640. The smallest absolute Gasteiger partial charge is 0.332 e. The molecule has 0 fully saturated rings. The van der Waals surface area contributed by atoms with Gasteiger partial charge < -0.3 is 20.6 Å². The minimum absolute atomic E-state index is 0.0309. The maximum absolute atomic E-state index is 11.6. The molecule has 0 bridgehead atoms. The zero-order valence-electron chi connectivity index (χ0n) is 9.26. The molecule has 0 aliphatic carbocycles. The topological polar surface area (TPSA) is 107 Å². The van der Waals surface area contributed by atoms with Gasteiger partial charge in [-0.1, -0.05) is 0 Å². The first-order chi connectivity index (χ1) is 8.41. The molecule has 0 spiro atoms. The summed E-state index contributed by atoms with van der Waals surface area (Å²) in [7, 11) is 0. The molecule has 0 heterocycles. The number of aliphatic hydroxyl groups is 1. The molecule has 1 atom stereocenters. The summed E-state index contributed by atoms with van der Waals surface area (Å²) in [4.78, 5) is 21.9. The summed E-state index contributed by atoms with van der Waals surface area (Å²) in [6.07, 6.45) is -1.58. The standard InChI is InChI=1S/C11H12BrNO5/c12-7-2-1-6(5-9(7)15)10(16)13-4-3-8(14)11(17)18/h1-2,5,8,14-15H,3-4H2,(H,13,16)(H,17,18)/t8-/m0/s1. The van der Waals surface area contributed by atoms with Gasteiger partial charge in [0.2, 0.25) is 0 Å². The third-order valence-corrected chi connectivity index (χ3v) is 2.87. The number of rotatable bonds is 5. The first-order valence-electron chi connectivity index (χ1n) is 5.09. The SMILES string of the molecule is O=C(NCC[C@H](O)C(=O)O)c1ccc(Br)c(O)c1. The van der Waals surface area contributed by atoms with Crippen LogP contribution in [-0.2, 0) is 4.79 Å². The molecule has 18 heavy (non-hydrogen) atoms. The monoisotopic (exact) mass is 317 g/mol. The minimum Gasteiger partial charge on any atom is -0.507 e. The summed E-state index contributed by atoms with van der Waals surface area (Å²) in [5.74, 6) is -1.84. The van der Waals surface area contributed by atoms with Gasteiger partial charge in [0, 0.05) is 18.5 Å². The summed E-state index contributed by atoms with van der Waals surface area (Å²) >= 11 is 3.09. The van der Waals surface area contributed by atoms with E-state index >= 15 is 0 Å². The van der Waals surface area contributed by atoms with Gasteiger partial charge in [-0.15, -0.1) is 0 Å². The third kappa shape index (κ3) is 4.01. The lowest BCUT2D eigenvalue weighted by Crippen LogP contribution is -2.30. The molecule has 0 saturated carbocycles. The Morgan fingerprint density at radius 1 is 1.39 bits per heavy atom. The van der Waals surface area contributed by atoms with E-state index in [2.05, 4.69) is 21.2 Å². The predicted molar refractivity (Wildman–Crippen MR) is 66.4 cm³/mol. The molecule has 0 aliphatic heterocycles. The van der Waals surface area contributed by atoms with Crippen LogP contribution in [0.15, 0.2) is 22.7 Å². The largest absolute Gasteiger partial charge is 0.507 e. The van der Waals surface area contributed by atoms with Crippen LogP contribution in [0.1, 0.15) is 16.8 Å². The molecular weight excluding hydrogens is 306 g/mol. The van der Waals surface area contributed by atoms with E-state index in [4.69, 9.17) is 10.2 Å². The number of aliphatic hydroxyl groups excluding tert-OH is 1. The van der Waals surface area contributed by atoms with Crippen molar-refractivity contribution < 1.29 is 24.9 Å². The summed E-state index contributed by atoms with van der Waals surface area (Å²) in [5.41, 5.74) is 0.250. The molecule has 1 aromatic carbocycles. The highest BCUT2D eigenvalue weighted by Crippen LogP contribution is 2.24. The van der Waals surface area contributed by atoms with Crippen LogP contribution in [0.25, 0.3) is 0 Å². The molecule has 7 heteroatoms. The fraction of sp³-hybridized carbons (Fsp3) is 0.273. The number of benzene rings is 1. The van der Waals surface area contributed by atoms with Crippen molar-refractivity contribution in [3.8, 4) is 5.75 Å². The molecule has 0 aromatic heterocycles. The first kappa shape index (κ1) is 14.5. The fourth-order valence-electron chi connectivity index (χ4n) is 1.20. The Kier molecular flexibility index (Phi) is 5.11. The normalized spacial score (nSPS) is 11.9. The summed E-state index contributed by atoms with van der Waals surface area (Å²) in [5, 5.41) is 29.3. The van der Waals surface area contributed by atoms with Crippen molar-refractivity contribution >= 4 is 27.8 Å². The van der Waals surface area contributed by atoms with E-state index < -0.39 is 18.0 Å². The molecular formula is C11H12BrNO5. The zero-order valence-corrected chi connectivity index (χ0v) is 10.8. The van der Waals surface area contributed by atoms with E-state index in [1.54, 1.807) is 0 Å². The Bertz CT molecular complexity index is 463. The van der Waals surface area contributed by atoms with Crippen LogP contribution < -0.4 is 5.32 Å². The molecule has 0 aliphatic rings. The number of halogens is 1. The van der Waals surface area contributed by atoms with Crippen molar-refractivity contribution in [2.45, 2.75) is 12.5 Å². The number of carboxylic acid groups (broad SMARTS) is 1. The van der Waals surface area contributed by atoms with Crippen LogP contribution in [0.2, 0.25) is 0 Å². The number of hydrogen-bond donors (Lipinski definition) is 4. The third-order valence-electron chi connectivity index (χ3n) is 2.20. The number of carboxylic acids is 1. The number of hydrogen-bond acceptors (Lipinski definition) is 4. The van der Waals surface area contributed by atoms with Crippen molar-refractivity contribution in [1.29, 1.82) is 0 Å². The summed E-state index contributed by atoms with van der Waals surface area (Å²) in [6, 6.07) is 4.32. The predicted octanol–water partition coefficient (Wildman–Crippen LogP) is 0.720. The van der Waals surface area contributed by atoms with Gasteiger partial charge in [-0.2, -0.15) is 0 Å². The van der Waals surface area contributed by atoms with E-state index in [1.807, 2.05) is 0 Å². The van der Waals surface area contributed by atoms with Crippen molar-refractivity contribution in [2.75, 3.05) is 6.54 Å². The fourth-order valence-corrected chi connectivity index (χ4v) is 1.45. The van der Waals surface area contributed by atoms with Crippen LogP contribution >= 0.6 is 15.9 Å². The Labute approximate surface area is 111 Å². The highest BCUT2D eigenvalue weighted by Gasteiger charge is 2.13. The lowest BCUT2D eigenvalue weighted by Gasteiger charge is -2.08. The number of phenols is 1. The molecule has 6 nitrogen and oxygen atoms in total. The average Bonchev–Trinajstić information content (AvgIpc) is 2.32. The molecule has 98 valence electrons. The Morgan fingerprint density at radius 2 is 2.06 bits per heavy atom. The van der Waals surface area contributed by atoms with Crippen LogP contribution in [0, 0.1) is 0 Å². The molecule has 0 radical (unpaired) electrons. The molecule has 1 rings (SSSR count). The van der Waals surface area contributed by atoms with Gasteiger partial charge in [0.1, 0.15) is 5.75 Å². The molecule has 4 N–H and O–H groups in total. The van der Waals surface area contributed by atoms with Gasteiger partial charge >= 0.3 is 5.97 Å². The van der Waals surface area contributed by atoms with Crippen molar-refractivity contribution in [2.24, 2.45) is 0 Å². The Hall–Kier alpha value is -1.60. The van der Waals surface area contributed by atoms with Crippen molar-refractivity contribution in [3.63, 3.8) is 0 Å². The van der Waals surface area contributed by atoms with Gasteiger partial charge in [-0.3, -0.25) is 4.79 Å². The molecule has 0 saturated heterocycles. The minimum atomic E-state index is -1.50.